The lowest BCUT2D eigenvalue weighted by Crippen LogP contribution is -2.06. The number of epoxide rings is 4. The lowest BCUT2D eigenvalue weighted by molar-refractivity contribution is 0.102. The van der Waals surface area contributed by atoms with Crippen LogP contribution in [0.15, 0.2) is 47.6 Å². The second-order valence-corrected chi connectivity index (χ2v) is 7.54. The second kappa shape index (κ2) is 16.3. The first-order valence-electron chi connectivity index (χ1n) is 11.1. The maximum atomic E-state index is 7.00. The summed E-state index contributed by atoms with van der Waals surface area (Å²) in [5.74, 6) is 0. The molecule has 182 valence electrons. The van der Waals surface area contributed by atoms with Crippen LogP contribution in [0.2, 0.25) is 0 Å². The molecule has 4 saturated heterocycles. The average Bonchev–Trinajstić information content (AvgIpc) is 3.63. The van der Waals surface area contributed by atoms with Gasteiger partial charge in [-0.15, -0.1) is 0 Å². The minimum atomic E-state index is 0.392. The molecule has 6 rings (SSSR count). The Hall–Kier alpha value is -1.36. The van der Waals surface area contributed by atoms with Crippen molar-refractivity contribution in [3.05, 3.63) is 47.6 Å². The standard InChI is InChI=1S/C10H10.2C6H10O3.2CH4O/c1-2-6-9(5-1)10-7-3-4-8-10;2*1(5-3-8-5)7-2-6-4-9-6;2*1-2/h1-5,7H,6,8H2;2*5-6H,1-4H2;2*2H,1H3. The largest absolute Gasteiger partial charge is 0.400 e. The van der Waals surface area contributed by atoms with E-state index in [1.54, 1.807) is 0 Å². The van der Waals surface area contributed by atoms with Gasteiger partial charge in [-0.1, -0.05) is 36.5 Å². The second-order valence-electron chi connectivity index (χ2n) is 7.54. The molecule has 4 aliphatic heterocycles. The van der Waals surface area contributed by atoms with E-state index in [2.05, 4.69) is 36.5 Å². The van der Waals surface area contributed by atoms with Crippen LogP contribution in [0.3, 0.4) is 0 Å². The Kier molecular flexibility index (Phi) is 13.7. The quantitative estimate of drug-likeness (QED) is 0.506. The van der Waals surface area contributed by atoms with Gasteiger partial charge in [0.05, 0.1) is 52.9 Å². The van der Waals surface area contributed by atoms with E-state index in [1.165, 1.54) is 11.1 Å². The van der Waals surface area contributed by atoms with Crippen LogP contribution in [0.1, 0.15) is 12.8 Å². The molecule has 2 N–H and O–H groups in total. The molecule has 0 aromatic carbocycles. The normalized spacial score (nSPS) is 28.9. The summed E-state index contributed by atoms with van der Waals surface area (Å²) < 4.78 is 30.2. The Morgan fingerprint density at radius 3 is 1.09 bits per heavy atom. The van der Waals surface area contributed by atoms with Crippen LogP contribution in [0.4, 0.5) is 0 Å². The summed E-state index contributed by atoms with van der Waals surface area (Å²) in [6.45, 7) is 6.52. The SMILES string of the molecule is C(OCC1CO1)C1CO1.C(OCC1CO1)C1CO1.C1=CCC(C2=CC=CC2)=C1.CO.CO. The first-order valence-corrected chi connectivity index (χ1v) is 11.1. The third-order valence-electron chi connectivity index (χ3n) is 4.78. The van der Waals surface area contributed by atoms with Gasteiger partial charge < -0.3 is 38.6 Å². The molecule has 0 aromatic rings. The van der Waals surface area contributed by atoms with Crippen molar-refractivity contribution >= 4 is 0 Å². The molecule has 4 fully saturated rings. The Bertz CT molecular complexity index is 533. The molecule has 8 heteroatoms. The highest BCUT2D eigenvalue weighted by molar-refractivity contribution is 5.44. The van der Waals surface area contributed by atoms with E-state index in [4.69, 9.17) is 38.6 Å². The zero-order valence-electron chi connectivity index (χ0n) is 19.2. The third kappa shape index (κ3) is 13.2. The van der Waals surface area contributed by atoms with Crippen LogP contribution < -0.4 is 0 Å². The summed E-state index contributed by atoms with van der Waals surface area (Å²) in [4.78, 5) is 0. The Morgan fingerprint density at radius 2 is 0.906 bits per heavy atom. The van der Waals surface area contributed by atoms with Gasteiger partial charge in [-0.2, -0.15) is 0 Å². The van der Waals surface area contributed by atoms with Crippen molar-refractivity contribution in [1.29, 1.82) is 0 Å². The highest BCUT2D eigenvalue weighted by Crippen LogP contribution is 2.25. The zero-order chi connectivity index (χ0) is 23.0. The Labute approximate surface area is 191 Å². The highest BCUT2D eigenvalue weighted by Gasteiger charge is 2.27. The first-order chi connectivity index (χ1) is 15.9. The van der Waals surface area contributed by atoms with Gasteiger partial charge in [-0.25, -0.2) is 0 Å². The number of hydrogen-bond donors (Lipinski definition) is 2. The molecule has 4 unspecified atom stereocenters. The summed E-state index contributed by atoms with van der Waals surface area (Å²) in [7, 11) is 2.00. The molecule has 0 saturated carbocycles. The number of ether oxygens (including phenoxy) is 6. The van der Waals surface area contributed by atoms with Gasteiger partial charge in [0.1, 0.15) is 24.4 Å². The molecule has 4 atom stereocenters. The van der Waals surface area contributed by atoms with Crippen molar-refractivity contribution in [1.82, 2.24) is 0 Å². The number of hydrogen-bond acceptors (Lipinski definition) is 8. The van der Waals surface area contributed by atoms with Crippen molar-refractivity contribution in [2.24, 2.45) is 0 Å². The van der Waals surface area contributed by atoms with Crippen molar-refractivity contribution in [3.63, 3.8) is 0 Å². The van der Waals surface area contributed by atoms with E-state index >= 15 is 0 Å². The van der Waals surface area contributed by atoms with Crippen LogP contribution in [-0.2, 0) is 28.4 Å². The van der Waals surface area contributed by atoms with Crippen LogP contribution in [-0.4, -0.2) is 102 Å². The molecule has 8 nitrogen and oxygen atoms in total. The number of aliphatic hydroxyl groups is 2. The monoisotopic (exact) mass is 454 g/mol. The van der Waals surface area contributed by atoms with Gasteiger partial charge in [0.2, 0.25) is 0 Å². The molecule has 6 aliphatic rings. The topological polar surface area (TPSA) is 109 Å². The predicted molar refractivity (Wildman–Crippen MR) is 121 cm³/mol. The lowest BCUT2D eigenvalue weighted by Gasteiger charge is -1.99. The molecule has 0 spiro atoms. The van der Waals surface area contributed by atoms with Crippen molar-refractivity contribution in [3.8, 4) is 0 Å². The fourth-order valence-corrected chi connectivity index (χ4v) is 2.69. The van der Waals surface area contributed by atoms with Crippen LogP contribution in [0.5, 0.6) is 0 Å². The predicted octanol–water partition coefficient (Wildman–Crippen LogP) is 1.58. The maximum absolute atomic E-state index is 7.00. The fraction of sp³-hybridized carbons (Fsp3) is 0.667. The van der Waals surface area contributed by atoms with Gasteiger partial charge >= 0.3 is 0 Å². The first kappa shape index (κ1) is 26.9. The molecule has 0 bridgehead atoms. The summed E-state index contributed by atoms with van der Waals surface area (Å²) in [5, 5.41) is 14.0. The van der Waals surface area contributed by atoms with E-state index in [0.717, 1.165) is 79.9 Å². The van der Waals surface area contributed by atoms with E-state index < -0.39 is 0 Å². The van der Waals surface area contributed by atoms with Crippen molar-refractivity contribution in [2.45, 2.75) is 37.3 Å². The van der Waals surface area contributed by atoms with E-state index in [-0.39, 0.29) is 0 Å². The van der Waals surface area contributed by atoms with Gasteiger partial charge in [-0.3, -0.25) is 0 Å². The smallest absolute Gasteiger partial charge is 0.104 e. The molecule has 2 aliphatic carbocycles. The molecular formula is C24H38O8. The summed E-state index contributed by atoms with van der Waals surface area (Å²) in [6.07, 6.45) is 16.9. The van der Waals surface area contributed by atoms with Crippen molar-refractivity contribution < 1.29 is 38.6 Å². The molecule has 0 radical (unpaired) electrons. The molecule has 4 heterocycles. The van der Waals surface area contributed by atoms with Crippen molar-refractivity contribution in [2.75, 3.05) is 67.1 Å². The van der Waals surface area contributed by atoms with Gasteiger partial charge in [0, 0.05) is 14.2 Å². The lowest BCUT2D eigenvalue weighted by atomic mass is 10.1. The minimum absolute atomic E-state index is 0.392. The third-order valence-corrected chi connectivity index (χ3v) is 4.78. The molecule has 0 aromatic heterocycles. The van der Waals surface area contributed by atoms with E-state index in [0.29, 0.717) is 24.4 Å². The maximum Gasteiger partial charge on any atom is 0.104 e. The molecule has 32 heavy (non-hydrogen) atoms. The number of rotatable bonds is 9. The van der Waals surface area contributed by atoms with E-state index in [9.17, 15) is 0 Å². The Balaban J connectivity index is 0.000000158. The van der Waals surface area contributed by atoms with Gasteiger partial charge in [0.15, 0.2) is 0 Å². The minimum Gasteiger partial charge on any atom is -0.400 e. The number of aliphatic hydroxyl groups excluding tert-OH is 2. The molecular weight excluding hydrogens is 416 g/mol. The summed E-state index contributed by atoms with van der Waals surface area (Å²) in [5.41, 5.74) is 2.98. The summed E-state index contributed by atoms with van der Waals surface area (Å²) >= 11 is 0. The summed E-state index contributed by atoms with van der Waals surface area (Å²) in [6, 6.07) is 0. The fourth-order valence-electron chi connectivity index (χ4n) is 2.69. The van der Waals surface area contributed by atoms with Gasteiger partial charge in [-0.05, 0) is 24.0 Å². The van der Waals surface area contributed by atoms with E-state index in [1.807, 2.05) is 0 Å². The van der Waals surface area contributed by atoms with Crippen LogP contribution >= 0.6 is 0 Å². The van der Waals surface area contributed by atoms with Crippen LogP contribution in [0, 0.1) is 0 Å². The highest BCUT2D eigenvalue weighted by atomic mass is 16.6. The van der Waals surface area contributed by atoms with Gasteiger partial charge in [0.25, 0.3) is 0 Å². The average molecular weight is 455 g/mol. The number of allylic oxidation sites excluding steroid dienone is 8. The zero-order valence-corrected chi connectivity index (χ0v) is 19.2. The Morgan fingerprint density at radius 1 is 0.625 bits per heavy atom. The van der Waals surface area contributed by atoms with Crippen LogP contribution in [0.25, 0.3) is 0 Å². The molecule has 0 amide bonds.